The molecule has 140 valence electrons. The minimum Gasteiger partial charge on any atom is -0.454 e. The van der Waals surface area contributed by atoms with Crippen LogP contribution in [0, 0.1) is 0 Å². The fraction of sp³-hybridized carbons (Fsp3) is 0.158. The number of nitrogens with one attached hydrogen (secondary N) is 1. The summed E-state index contributed by atoms with van der Waals surface area (Å²) in [5.74, 6) is 0.0292. The topological polar surface area (TPSA) is 73.9 Å². The van der Waals surface area contributed by atoms with Crippen molar-refractivity contribution in [1.29, 1.82) is 0 Å². The lowest BCUT2D eigenvalue weighted by molar-refractivity contribution is -0.148. The highest BCUT2D eigenvalue weighted by Crippen LogP contribution is 2.34. The standard InChI is InChI=1S/C19H15Cl2NO5/c1-11(19(24)22-13-4-6-16-17(9-13)26-10-25-16)27-18(23)7-3-12-2-5-14(20)15(21)8-12/h2-9,11H,10H2,1H3,(H,22,24)/b7-3+/t11-/m1/s1. The predicted octanol–water partition coefficient (Wildman–Crippen LogP) is 4.31. The predicted molar refractivity (Wildman–Crippen MR) is 102 cm³/mol. The zero-order chi connectivity index (χ0) is 19.4. The summed E-state index contributed by atoms with van der Waals surface area (Å²) in [4.78, 5) is 24.1. The van der Waals surface area contributed by atoms with Gasteiger partial charge in [0.25, 0.3) is 5.91 Å². The number of rotatable bonds is 5. The van der Waals surface area contributed by atoms with Gasteiger partial charge in [0, 0.05) is 17.8 Å². The van der Waals surface area contributed by atoms with Crippen LogP contribution in [-0.4, -0.2) is 24.8 Å². The molecule has 0 aliphatic carbocycles. The molecule has 1 aliphatic rings. The van der Waals surface area contributed by atoms with E-state index in [2.05, 4.69) is 5.32 Å². The number of anilines is 1. The number of carbonyl (C=O) groups excluding carboxylic acids is 2. The molecular formula is C19H15Cl2NO5. The Bertz CT molecular complexity index is 913. The van der Waals surface area contributed by atoms with Crippen molar-refractivity contribution in [1.82, 2.24) is 0 Å². The lowest BCUT2D eigenvalue weighted by Gasteiger charge is -2.12. The van der Waals surface area contributed by atoms with Gasteiger partial charge in [0.05, 0.1) is 10.0 Å². The van der Waals surface area contributed by atoms with Crippen molar-refractivity contribution < 1.29 is 23.8 Å². The molecule has 1 atom stereocenters. The first-order valence-electron chi connectivity index (χ1n) is 7.96. The first-order valence-corrected chi connectivity index (χ1v) is 8.72. The summed E-state index contributed by atoms with van der Waals surface area (Å²) in [6, 6.07) is 9.94. The highest BCUT2D eigenvalue weighted by Gasteiger charge is 2.19. The number of fused-ring (bicyclic) bond motifs is 1. The third-order valence-corrected chi connectivity index (χ3v) is 4.40. The Balaban J connectivity index is 1.54. The second-order valence-corrected chi connectivity index (χ2v) is 6.46. The molecule has 0 unspecified atom stereocenters. The molecule has 0 bridgehead atoms. The van der Waals surface area contributed by atoms with E-state index in [4.69, 9.17) is 37.4 Å². The van der Waals surface area contributed by atoms with E-state index in [1.54, 1.807) is 36.4 Å². The van der Waals surface area contributed by atoms with Gasteiger partial charge >= 0.3 is 5.97 Å². The number of carbonyl (C=O) groups is 2. The second kappa shape index (κ2) is 8.33. The number of esters is 1. The smallest absolute Gasteiger partial charge is 0.331 e. The molecule has 0 aromatic heterocycles. The summed E-state index contributed by atoms with van der Waals surface area (Å²) in [5.41, 5.74) is 1.19. The average Bonchev–Trinajstić information content (AvgIpc) is 3.10. The number of hydrogen-bond acceptors (Lipinski definition) is 5. The molecule has 1 heterocycles. The highest BCUT2D eigenvalue weighted by atomic mass is 35.5. The van der Waals surface area contributed by atoms with Gasteiger partial charge in [-0.05, 0) is 42.8 Å². The molecule has 1 N–H and O–H groups in total. The van der Waals surface area contributed by atoms with Crippen LogP contribution in [-0.2, 0) is 14.3 Å². The molecule has 0 saturated carbocycles. The first kappa shape index (κ1) is 19.1. The first-order chi connectivity index (χ1) is 12.9. The Hall–Kier alpha value is -2.70. The minimum atomic E-state index is -0.985. The Labute approximate surface area is 165 Å². The van der Waals surface area contributed by atoms with Crippen LogP contribution in [0.1, 0.15) is 12.5 Å². The molecule has 1 amide bonds. The third-order valence-electron chi connectivity index (χ3n) is 3.66. The maximum atomic E-state index is 12.2. The van der Waals surface area contributed by atoms with Crippen molar-refractivity contribution in [3.05, 3.63) is 58.1 Å². The zero-order valence-electron chi connectivity index (χ0n) is 14.2. The Morgan fingerprint density at radius 1 is 1.11 bits per heavy atom. The van der Waals surface area contributed by atoms with E-state index in [1.807, 2.05) is 0 Å². The van der Waals surface area contributed by atoms with Gasteiger partial charge in [-0.2, -0.15) is 0 Å². The van der Waals surface area contributed by atoms with Crippen LogP contribution in [0.3, 0.4) is 0 Å². The monoisotopic (exact) mass is 407 g/mol. The largest absolute Gasteiger partial charge is 0.454 e. The molecule has 27 heavy (non-hydrogen) atoms. The van der Waals surface area contributed by atoms with E-state index in [9.17, 15) is 9.59 Å². The third kappa shape index (κ3) is 4.93. The fourth-order valence-electron chi connectivity index (χ4n) is 2.27. The lowest BCUT2D eigenvalue weighted by Crippen LogP contribution is -2.29. The maximum Gasteiger partial charge on any atom is 0.331 e. The number of amides is 1. The molecule has 1 aliphatic heterocycles. The van der Waals surface area contributed by atoms with E-state index in [-0.39, 0.29) is 6.79 Å². The van der Waals surface area contributed by atoms with Gasteiger partial charge in [-0.15, -0.1) is 0 Å². The van der Waals surface area contributed by atoms with Crippen LogP contribution >= 0.6 is 23.2 Å². The summed E-state index contributed by atoms with van der Waals surface area (Å²) >= 11 is 11.8. The van der Waals surface area contributed by atoms with Crippen LogP contribution in [0.2, 0.25) is 10.0 Å². The molecule has 8 heteroatoms. The average molecular weight is 408 g/mol. The molecule has 3 rings (SSSR count). The Morgan fingerprint density at radius 3 is 2.67 bits per heavy atom. The van der Waals surface area contributed by atoms with Crippen LogP contribution < -0.4 is 14.8 Å². The van der Waals surface area contributed by atoms with Crippen LogP contribution in [0.25, 0.3) is 6.08 Å². The summed E-state index contributed by atoms with van der Waals surface area (Å²) in [6.45, 7) is 1.62. The van der Waals surface area contributed by atoms with Gasteiger partial charge in [-0.1, -0.05) is 29.3 Å². The molecule has 0 saturated heterocycles. The van der Waals surface area contributed by atoms with Gasteiger partial charge in [0.15, 0.2) is 17.6 Å². The van der Waals surface area contributed by atoms with Gasteiger partial charge < -0.3 is 19.5 Å². The second-order valence-electron chi connectivity index (χ2n) is 5.64. The van der Waals surface area contributed by atoms with E-state index < -0.39 is 18.0 Å². The number of ether oxygens (including phenoxy) is 3. The Morgan fingerprint density at radius 2 is 1.89 bits per heavy atom. The van der Waals surface area contributed by atoms with Crippen molar-refractivity contribution in [2.45, 2.75) is 13.0 Å². The number of halogens is 2. The van der Waals surface area contributed by atoms with Gasteiger partial charge in [-0.25, -0.2) is 4.79 Å². The quantitative estimate of drug-likeness (QED) is 0.590. The zero-order valence-corrected chi connectivity index (χ0v) is 15.7. The van der Waals surface area contributed by atoms with Crippen molar-refractivity contribution in [3.63, 3.8) is 0 Å². The number of benzene rings is 2. The molecule has 0 spiro atoms. The highest BCUT2D eigenvalue weighted by molar-refractivity contribution is 6.42. The van der Waals surface area contributed by atoms with Gasteiger partial charge in [-0.3, -0.25) is 4.79 Å². The summed E-state index contributed by atoms with van der Waals surface area (Å²) in [7, 11) is 0. The maximum absolute atomic E-state index is 12.2. The lowest BCUT2D eigenvalue weighted by atomic mass is 10.2. The van der Waals surface area contributed by atoms with Crippen LogP contribution in [0.5, 0.6) is 11.5 Å². The fourth-order valence-corrected chi connectivity index (χ4v) is 2.57. The summed E-state index contributed by atoms with van der Waals surface area (Å²) < 4.78 is 15.6. The van der Waals surface area contributed by atoms with Gasteiger partial charge in [0.2, 0.25) is 6.79 Å². The summed E-state index contributed by atoms with van der Waals surface area (Å²) in [5, 5.41) is 3.46. The van der Waals surface area contributed by atoms with Crippen molar-refractivity contribution in [2.24, 2.45) is 0 Å². The van der Waals surface area contributed by atoms with Crippen molar-refractivity contribution in [2.75, 3.05) is 12.1 Å². The summed E-state index contributed by atoms with van der Waals surface area (Å²) in [6.07, 6.45) is 1.75. The van der Waals surface area contributed by atoms with Gasteiger partial charge in [0.1, 0.15) is 0 Å². The van der Waals surface area contributed by atoms with E-state index in [0.29, 0.717) is 32.8 Å². The van der Waals surface area contributed by atoms with E-state index in [1.165, 1.54) is 19.1 Å². The normalized spacial score (nSPS) is 13.4. The molecule has 0 radical (unpaired) electrons. The minimum absolute atomic E-state index is 0.145. The van der Waals surface area contributed by atoms with Crippen molar-refractivity contribution in [3.8, 4) is 11.5 Å². The number of hydrogen-bond donors (Lipinski definition) is 1. The SMILES string of the molecule is C[C@@H](OC(=O)/C=C/c1ccc(Cl)c(Cl)c1)C(=O)Nc1ccc2c(c1)OCO2. The Kier molecular flexibility index (Phi) is 5.88. The molecule has 2 aromatic rings. The molecule has 6 nitrogen and oxygen atoms in total. The molecule has 0 fully saturated rings. The molecular weight excluding hydrogens is 393 g/mol. The van der Waals surface area contributed by atoms with E-state index >= 15 is 0 Å². The van der Waals surface area contributed by atoms with Crippen LogP contribution in [0.15, 0.2) is 42.5 Å². The molecule has 2 aromatic carbocycles. The van der Waals surface area contributed by atoms with Crippen molar-refractivity contribution >= 4 is 46.8 Å². The van der Waals surface area contributed by atoms with Crippen LogP contribution in [0.4, 0.5) is 5.69 Å². The van der Waals surface area contributed by atoms with E-state index in [0.717, 1.165) is 0 Å².